The van der Waals surface area contributed by atoms with Crippen molar-refractivity contribution in [1.82, 2.24) is 9.13 Å². The van der Waals surface area contributed by atoms with Gasteiger partial charge >= 0.3 is 0 Å². The Kier molecular flexibility index (Phi) is 18.4. The molecule has 2 aliphatic rings. The number of aromatic nitrogens is 2. The van der Waals surface area contributed by atoms with Crippen LogP contribution in [-0.4, -0.2) is 15.8 Å². The number of nitriles is 1. The molecule has 16 aromatic rings. The smallest absolute Gasteiger partial charge is 0.252 e. The molecule has 0 saturated carbocycles. The molecule has 0 bridgehead atoms. The first-order valence-corrected chi connectivity index (χ1v) is 42.8. The standard InChI is InChI=1S/C113H110BN5/c1-107(2,3)76-48-53-99-89(64-76)90-65-77(108(4,5)6)49-54-100(90)116(99)83-50-52-94-102(68-83)118(98-46-34-45-97(92(98)69-115)117-95-43-32-30-41-86(95)87-42-31-33-44-96(87)117)103-60-75(74-57-80(111(13,14)15)63-81(58-74)112(16,17)18)61-104-105(103)114(94)93-51-47-72(73-55-78(109(7,8)9)62-79(56-73)110(10,11)12)59-101(93)119(104)106-88(71-37-26-23-27-38-71)66-82(113(19,20)21)67-91(106)85-40-29-28-39-84(85)70-35-24-22-25-36-70/h22-68H,1-21H3. The maximum Gasteiger partial charge on any atom is 0.252 e. The molecule has 590 valence electrons. The zero-order chi connectivity index (χ0) is 83.7. The molecule has 14 aromatic carbocycles. The van der Waals surface area contributed by atoms with E-state index in [0.29, 0.717) is 5.56 Å². The van der Waals surface area contributed by atoms with Crippen molar-refractivity contribution in [2.75, 3.05) is 9.80 Å². The van der Waals surface area contributed by atoms with Crippen LogP contribution in [0, 0.1) is 11.3 Å². The summed E-state index contributed by atoms with van der Waals surface area (Å²) in [6.45, 7) is 48.9. The topological polar surface area (TPSA) is 40.1 Å². The fourth-order valence-corrected chi connectivity index (χ4v) is 18.7. The van der Waals surface area contributed by atoms with Crippen LogP contribution in [0.3, 0.4) is 0 Å². The van der Waals surface area contributed by atoms with Crippen LogP contribution in [0.5, 0.6) is 0 Å². The van der Waals surface area contributed by atoms with E-state index in [-0.39, 0.29) is 44.6 Å². The molecule has 0 aliphatic carbocycles. The van der Waals surface area contributed by atoms with Crippen LogP contribution in [-0.2, 0) is 37.9 Å². The van der Waals surface area contributed by atoms with Gasteiger partial charge in [0, 0.05) is 61.1 Å². The summed E-state index contributed by atoms with van der Waals surface area (Å²) < 4.78 is 4.86. The summed E-state index contributed by atoms with van der Waals surface area (Å²) in [5.74, 6) is 0. The molecule has 0 spiro atoms. The van der Waals surface area contributed by atoms with Gasteiger partial charge in [-0.3, -0.25) is 0 Å². The minimum atomic E-state index is -0.353. The average molecular weight is 1550 g/mol. The Morgan fingerprint density at radius 3 is 1.14 bits per heavy atom. The Hall–Kier alpha value is -12.2. The van der Waals surface area contributed by atoms with Gasteiger partial charge in [0.25, 0.3) is 6.71 Å². The lowest BCUT2D eigenvalue weighted by atomic mass is 9.33. The Labute approximate surface area is 706 Å². The van der Waals surface area contributed by atoms with Crippen LogP contribution in [0.15, 0.2) is 285 Å². The van der Waals surface area contributed by atoms with Gasteiger partial charge in [-0.2, -0.15) is 5.26 Å². The molecule has 6 heteroatoms. The number of fused-ring (bicyclic) bond motifs is 10. The lowest BCUT2D eigenvalue weighted by Crippen LogP contribution is -2.61. The summed E-state index contributed by atoms with van der Waals surface area (Å²) in [7, 11) is 0. The zero-order valence-corrected chi connectivity index (χ0v) is 73.4. The Balaban J connectivity index is 1.05. The first-order valence-electron chi connectivity index (χ1n) is 42.8. The van der Waals surface area contributed by atoms with Gasteiger partial charge in [-0.15, -0.1) is 0 Å². The summed E-state index contributed by atoms with van der Waals surface area (Å²) in [4.78, 5) is 5.26. The van der Waals surface area contributed by atoms with E-state index in [0.717, 1.165) is 139 Å². The lowest BCUT2D eigenvalue weighted by Gasteiger charge is -2.46. The summed E-state index contributed by atoms with van der Waals surface area (Å²) >= 11 is 0. The van der Waals surface area contributed by atoms with E-state index in [1.165, 1.54) is 60.7 Å². The third kappa shape index (κ3) is 13.5. The van der Waals surface area contributed by atoms with Crippen molar-refractivity contribution in [3.63, 3.8) is 0 Å². The van der Waals surface area contributed by atoms with Gasteiger partial charge in [0.2, 0.25) is 0 Å². The van der Waals surface area contributed by atoms with Crippen molar-refractivity contribution in [1.29, 1.82) is 5.26 Å². The van der Waals surface area contributed by atoms with Gasteiger partial charge in [-0.25, -0.2) is 0 Å². The molecule has 5 nitrogen and oxygen atoms in total. The Bertz CT molecular complexity index is 6650. The Morgan fingerprint density at radius 1 is 0.244 bits per heavy atom. The molecule has 0 saturated heterocycles. The van der Waals surface area contributed by atoms with Gasteiger partial charge in [0.15, 0.2) is 0 Å². The van der Waals surface area contributed by atoms with E-state index in [1.54, 1.807) is 0 Å². The number of nitrogens with zero attached hydrogens (tertiary/aromatic N) is 5. The van der Waals surface area contributed by atoms with Crippen molar-refractivity contribution >= 4 is 101 Å². The second-order valence-corrected chi connectivity index (χ2v) is 41.0. The lowest BCUT2D eigenvalue weighted by molar-refractivity contribution is 0.568. The summed E-state index contributed by atoms with van der Waals surface area (Å²) in [5.41, 5.74) is 35.3. The van der Waals surface area contributed by atoms with E-state index in [2.05, 4.69) is 456 Å². The first kappa shape index (κ1) is 78.0. The molecule has 0 unspecified atom stereocenters. The molecule has 119 heavy (non-hydrogen) atoms. The molecule has 0 fully saturated rings. The van der Waals surface area contributed by atoms with Crippen molar-refractivity contribution in [2.45, 2.75) is 183 Å². The van der Waals surface area contributed by atoms with Crippen LogP contribution < -0.4 is 26.2 Å². The van der Waals surface area contributed by atoms with Gasteiger partial charge in [0.1, 0.15) is 11.6 Å². The quantitative estimate of drug-likeness (QED) is 0.135. The molecule has 0 radical (unpaired) electrons. The highest BCUT2D eigenvalue weighted by atomic mass is 15.2. The largest absolute Gasteiger partial charge is 0.310 e. The van der Waals surface area contributed by atoms with E-state index in [9.17, 15) is 5.26 Å². The van der Waals surface area contributed by atoms with Crippen molar-refractivity contribution in [3.05, 3.63) is 330 Å². The van der Waals surface area contributed by atoms with Crippen LogP contribution in [0.1, 0.15) is 190 Å². The van der Waals surface area contributed by atoms with Gasteiger partial charge in [-0.1, -0.05) is 340 Å². The van der Waals surface area contributed by atoms with Crippen LogP contribution >= 0.6 is 0 Å². The highest BCUT2D eigenvalue weighted by molar-refractivity contribution is 7.00. The number of anilines is 6. The zero-order valence-electron chi connectivity index (χ0n) is 73.4. The van der Waals surface area contributed by atoms with Gasteiger partial charge in [0.05, 0.1) is 39.1 Å². The molecule has 0 amide bonds. The number of benzene rings is 14. The highest BCUT2D eigenvalue weighted by Gasteiger charge is 2.46. The van der Waals surface area contributed by atoms with E-state index in [1.807, 2.05) is 0 Å². The van der Waals surface area contributed by atoms with Crippen molar-refractivity contribution < 1.29 is 0 Å². The van der Waals surface area contributed by atoms with Gasteiger partial charge < -0.3 is 18.9 Å². The average Bonchev–Trinajstić information content (AvgIpc) is 1.01. The number of hydrogen-bond acceptors (Lipinski definition) is 3. The summed E-state index contributed by atoms with van der Waals surface area (Å²) in [5, 5.41) is 17.5. The normalized spacial score (nSPS) is 13.4. The maximum atomic E-state index is 12.8. The summed E-state index contributed by atoms with van der Waals surface area (Å²) in [6, 6.07) is 112. The van der Waals surface area contributed by atoms with E-state index < -0.39 is 0 Å². The fraction of sp³-hybridized carbons (Fsp3) is 0.248. The SMILES string of the molecule is CC(C)(C)c1cc(-c2ccc3c(c2)N(c2c(-c4ccccc4)cc(C(C)(C)C)cc2-c2ccccc2-c2ccccc2)c2cc(-c4cc(C(C)(C)C)cc(C(C)(C)C)c4)cc4c2B3c2ccc(-n3c5ccc(C(C)(C)C)cc5c5cc(C(C)(C)C)ccc53)cc2N4c2cccc(-n3c4ccccc4c4ccccc43)c2C#N)cc(C(C)(C)C)c1. The molecule has 0 N–H and O–H groups in total. The Morgan fingerprint density at radius 2 is 0.639 bits per heavy atom. The predicted octanol–water partition coefficient (Wildman–Crippen LogP) is 29.3. The fourth-order valence-electron chi connectivity index (χ4n) is 18.7. The molecular formula is C113H110BN5. The first-order chi connectivity index (χ1) is 56.4. The molecule has 18 rings (SSSR count). The molecular weight excluding hydrogens is 1440 g/mol. The highest BCUT2D eigenvalue weighted by Crippen LogP contribution is 2.56. The third-order valence-corrected chi connectivity index (χ3v) is 25.6. The molecule has 4 heterocycles. The van der Waals surface area contributed by atoms with Crippen LogP contribution in [0.25, 0.3) is 111 Å². The molecule has 0 atom stereocenters. The second kappa shape index (κ2) is 28.0. The number of rotatable bonds is 9. The molecule has 2 aliphatic heterocycles. The van der Waals surface area contributed by atoms with Crippen molar-refractivity contribution in [2.24, 2.45) is 0 Å². The van der Waals surface area contributed by atoms with Crippen molar-refractivity contribution in [3.8, 4) is 73.1 Å². The number of para-hydroxylation sites is 2. The molecule has 2 aromatic heterocycles. The minimum absolute atomic E-state index is 0.0953. The second-order valence-electron chi connectivity index (χ2n) is 41.0. The van der Waals surface area contributed by atoms with E-state index in [4.69, 9.17) is 0 Å². The number of hydrogen-bond donors (Lipinski definition) is 0. The van der Waals surface area contributed by atoms with Gasteiger partial charge in [-0.05, 0) is 229 Å². The predicted molar refractivity (Wildman–Crippen MR) is 512 cm³/mol. The van der Waals surface area contributed by atoms with Crippen LogP contribution in [0.2, 0.25) is 0 Å². The maximum absolute atomic E-state index is 12.8. The monoisotopic (exact) mass is 1550 g/mol. The van der Waals surface area contributed by atoms with E-state index >= 15 is 0 Å². The third-order valence-electron chi connectivity index (χ3n) is 25.6. The van der Waals surface area contributed by atoms with Crippen LogP contribution in [0.4, 0.5) is 34.1 Å². The summed E-state index contributed by atoms with van der Waals surface area (Å²) in [6.07, 6.45) is 0. The minimum Gasteiger partial charge on any atom is -0.310 e.